The second-order valence-corrected chi connectivity index (χ2v) is 12.5. The number of aryl methyl sites for hydroxylation is 2. The van der Waals surface area contributed by atoms with Crippen LogP contribution in [0.2, 0.25) is 0 Å². The van der Waals surface area contributed by atoms with Crippen molar-refractivity contribution >= 4 is 27.5 Å². The highest BCUT2D eigenvalue weighted by atomic mass is 15.0. The molecule has 0 spiro atoms. The van der Waals surface area contributed by atoms with Crippen molar-refractivity contribution in [3.8, 4) is 55.9 Å². The molecule has 5 heteroatoms. The van der Waals surface area contributed by atoms with Gasteiger partial charge >= 0.3 is 0 Å². The first-order chi connectivity index (χ1) is 24.1. The van der Waals surface area contributed by atoms with Crippen molar-refractivity contribution in [3.63, 3.8) is 0 Å². The fourth-order valence-corrected chi connectivity index (χ4v) is 7.05. The molecule has 0 N–H and O–H groups in total. The smallest absolute Gasteiger partial charge is 0.137 e. The van der Waals surface area contributed by atoms with E-state index >= 15 is 0 Å². The van der Waals surface area contributed by atoms with Crippen LogP contribution in [0.25, 0.3) is 83.3 Å². The van der Waals surface area contributed by atoms with Gasteiger partial charge in [0, 0.05) is 51.9 Å². The van der Waals surface area contributed by atoms with Gasteiger partial charge in [0.15, 0.2) is 0 Å². The maximum Gasteiger partial charge on any atom is 0.137 e. The van der Waals surface area contributed by atoms with Crippen molar-refractivity contribution < 1.29 is 0 Å². The summed E-state index contributed by atoms with van der Waals surface area (Å²) in [6.07, 6.45) is 5.77. The summed E-state index contributed by atoms with van der Waals surface area (Å²) in [6, 6.07) is 47.1. The number of hydrogen-bond acceptors (Lipinski definition) is 4. The molecule has 0 amide bonds. The topological polar surface area (TPSA) is 56.0 Å². The predicted octanol–water partition coefficient (Wildman–Crippen LogP) is 10.8. The second-order valence-electron chi connectivity index (χ2n) is 12.5. The van der Waals surface area contributed by atoms with Crippen LogP contribution in [0.1, 0.15) is 11.4 Å². The summed E-state index contributed by atoms with van der Waals surface area (Å²) in [4.78, 5) is 19.3. The third kappa shape index (κ3) is 5.13. The number of pyridine rings is 4. The van der Waals surface area contributed by atoms with E-state index in [0.29, 0.717) is 0 Å². The Morgan fingerprint density at radius 1 is 0.469 bits per heavy atom. The summed E-state index contributed by atoms with van der Waals surface area (Å²) >= 11 is 0. The summed E-state index contributed by atoms with van der Waals surface area (Å²) in [7, 11) is 0. The van der Waals surface area contributed by atoms with Crippen LogP contribution < -0.4 is 0 Å². The third-order valence-corrected chi connectivity index (χ3v) is 9.17. The van der Waals surface area contributed by atoms with Crippen molar-refractivity contribution in [2.45, 2.75) is 13.8 Å². The number of nitrogens with zero attached hydrogens (tertiary/aromatic N) is 5. The van der Waals surface area contributed by atoms with Crippen LogP contribution in [0.4, 0.5) is 0 Å². The van der Waals surface area contributed by atoms with E-state index in [0.717, 1.165) is 94.7 Å². The number of fused-ring (bicyclic) bond motifs is 4. The van der Waals surface area contributed by atoms with Gasteiger partial charge in [-0.1, -0.05) is 66.7 Å². The molecule has 0 aliphatic heterocycles. The Morgan fingerprint density at radius 2 is 1.12 bits per heavy atom. The van der Waals surface area contributed by atoms with Crippen LogP contribution >= 0.6 is 0 Å². The van der Waals surface area contributed by atoms with Crippen molar-refractivity contribution in [2.75, 3.05) is 0 Å². The standard InChI is InChI=1S/C44H31N5/c1-28-21-34(22-29(2)47-28)36-24-35(25-37(26-36)39-27-33-15-9-18-45-41(33)43-38(39)16-10-19-46-43)31-13-8-14-32(23-31)42-44(30-11-4-3-5-12-30)49-20-7-6-17-40(49)48-42/h3-27H,1-2H3. The van der Waals surface area contributed by atoms with Crippen molar-refractivity contribution in [3.05, 3.63) is 163 Å². The number of rotatable bonds is 5. The zero-order chi connectivity index (χ0) is 32.9. The minimum absolute atomic E-state index is 0.903. The first-order valence-corrected chi connectivity index (χ1v) is 16.5. The SMILES string of the molecule is Cc1cc(-c2cc(-c3cccc(-c4nc5ccccn5c4-c4ccccc4)c3)cc(-c3cc4cccnc4c4ncccc34)c2)cc(C)n1. The van der Waals surface area contributed by atoms with E-state index in [9.17, 15) is 0 Å². The van der Waals surface area contributed by atoms with E-state index in [2.05, 4.69) is 145 Å². The van der Waals surface area contributed by atoms with Crippen LogP contribution in [0.3, 0.4) is 0 Å². The number of benzene rings is 4. The van der Waals surface area contributed by atoms with E-state index in [1.165, 1.54) is 0 Å². The average Bonchev–Trinajstić information content (AvgIpc) is 3.54. The zero-order valence-corrected chi connectivity index (χ0v) is 27.2. The van der Waals surface area contributed by atoms with Crippen LogP contribution in [0.15, 0.2) is 152 Å². The summed E-state index contributed by atoms with van der Waals surface area (Å²) in [5, 5.41) is 2.14. The quantitative estimate of drug-likeness (QED) is 0.178. The Morgan fingerprint density at radius 3 is 1.96 bits per heavy atom. The summed E-state index contributed by atoms with van der Waals surface area (Å²) in [5.41, 5.74) is 15.7. The maximum absolute atomic E-state index is 5.15. The molecule has 0 saturated carbocycles. The van der Waals surface area contributed by atoms with Crippen LogP contribution in [-0.2, 0) is 0 Å². The summed E-state index contributed by atoms with van der Waals surface area (Å²) in [6.45, 7) is 4.11. The van der Waals surface area contributed by atoms with Gasteiger partial charge in [-0.3, -0.25) is 19.4 Å². The van der Waals surface area contributed by atoms with Crippen LogP contribution in [-0.4, -0.2) is 24.3 Å². The highest BCUT2D eigenvalue weighted by Gasteiger charge is 2.18. The minimum Gasteiger partial charge on any atom is -0.299 e. The van der Waals surface area contributed by atoms with Crippen LogP contribution in [0.5, 0.6) is 0 Å². The molecular weight excluding hydrogens is 599 g/mol. The lowest BCUT2D eigenvalue weighted by molar-refractivity contribution is 1.12. The minimum atomic E-state index is 0.903. The van der Waals surface area contributed by atoms with Gasteiger partial charge < -0.3 is 0 Å². The fourth-order valence-electron chi connectivity index (χ4n) is 7.05. The lowest BCUT2D eigenvalue weighted by atomic mass is 9.90. The Balaban J connectivity index is 1.28. The molecule has 49 heavy (non-hydrogen) atoms. The average molecular weight is 630 g/mol. The third-order valence-electron chi connectivity index (χ3n) is 9.17. The number of hydrogen-bond donors (Lipinski definition) is 0. The molecule has 0 unspecified atom stereocenters. The van der Waals surface area contributed by atoms with Gasteiger partial charge in [0.25, 0.3) is 0 Å². The molecule has 9 aromatic rings. The molecule has 0 bridgehead atoms. The normalized spacial score (nSPS) is 11.5. The van der Waals surface area contributed by atoms with Gasteiger partial charge in [-0.2, -0.15) is 0 Å². The van der Waals surface area contributed by atoms with Gasteiger partial charge in [-0.25, -0.2) is 4.98 Å². The molecule has 0 atom stereocenters. The van der Waals surface area contributed by atoms with Crippen molar-refractivity contribution in [2.24, 2.45) is 0 Å². The molecule has 0 fully saturated rings. The van der Waals surface area contributed by atoms with Gasteiger partial charge in [0.05, 0.1) is 22.4 Å². The first kappa shape index (κ1) is 28.7. The van der Waals surface area contributed by atoms with Gasteiger partial charge in [0.1, 0.15) is 5.65 Å². The van der Waals surface area contributed by atoms with Crippen molar-refractivity contribution in [1.82, 2.24) is 24.3 Å². The fraction of sp³-hybridized carbons (Fsp3) is 0.0455. The highest BCUT2D eigenvalue weighted by Crippen LogP contribution is 2.40. The molecule has 4 aromatic carbocycles. The molecule has 5 aromatic heterocycles. The Kier molecular flexibility index (Phi) is 6.83. The Bertz CT molecular complexity index is 2670. The summed E-state index contributed by atoms with van der Waals surface area (Å²) < 4.78 is 2.18. The molecule has 5 heterocycles. The van der Waals surface area contributed by atoms with Gasteiger partial charge in [-0.15, -0.1) is 0 Å². The molecule has 9 rings (SSSR count). The van der Waals surface area contributed by atoms with Gasteiger partial charge in [-0.05, 0) is 114 Å². The molecule has 5 nitrogen and oxygen atoms in total. The highest BCUT2D eigenvalue weighted by molar-refractivity contribution is 6.10. The van der Waals surface area contributed by atoms with Gasteiger partial charge in [0.2, 0.25) is 0 Å². The van der Waals surface area contributed by atoms with E-state index in [1.54, 1.807) is 0 Å². The zero-order valence-electron chi connectivity index (χ0n) is 27.2. The molecule has 0 aliphatic carbocycles. The van der Waals surface area contributed by atoms with Crippen molar-refractivity contribution in [1.29, 1.82) is 0 Å². The largest absolute Gasteiger partial charge is 0.299 e. The Labute approximate surface area is 284 Å². The molecule has 0 saturated heterocycles. The second kappa shape index (κ2) is 11.7. The number of imidazole rings is 1. The van der Waals surface area contributed by atoms with Crippen LogP contribution in [0, 0.1) is 13.8 Å². The molecular formula is C44H31N5. The molecule has 0 aliphatic rings. The summed E-state index contributed by atoms with van der Waals surface area (Å²) in [5.74, 6) is 0. The molecule has 0 radical (unpaired) electrons. The van der Waals surface area contributed by atoms with E-state index in [1.807, 2.05) is 30.6 Å². The first-order valence-electron chi connectivity index (χ1n) is 16.5. The maximum atomic E-state index is 5.15. The van der Waals surface area contributed by atoms with E-state index in [4.69, 9.17) is 15.0 Å². The number of aromatic nitrogens is 5. The van der Waals surface area contributed by atoms with E-state index in [-0.39, 0.29) is 0 Å². The molecule has 232 valence electrons. The van der Waals surface area contributed by atoms with E-state index < -0.39 is 0 Å². The Hall–Kier alpha value is -6.46. The lowest BCUT2D eigenvalue weighted by Crippen LogP contribution is -1.92. The lowest BCUT2D eigenvalue weighted by Gasteiger charge is -2.15. The monoisotopic (exact) mass is 629 g/mol. The predicted molar refractivity (Wildman–Crippen MR) is 200 cm³/mol.